The zero-order valence-corrected chi connectivity index (χ0v) is 17.0. The molecule has 1 aliphatic rings. The molecule has 1 aromatic rings. The Hall–Kier alpha value is -1.96. The molecule has 0 saturated heterocycles. The van der Waals surface area contributed by atoms with Crippen LogP contribution in [0.1, 0.15) is 51.0 Å². The van der Waals surface area contributed by atoms with Gasteiger partial charge in [0.2, 0.25) is 0 Å². The van der Waals surface area contributed by atoms with E-state index in [-0.39, 0.29) is 24.3 Å². The third kappa shape index (κ3) is 8.12. The van der Waals surface area contributed by atoms with Gasteiger partial charge in [0.05, 0.1) is 6.54 Å². The van der Waals surface area contributed by atoms with Gasteiger partial charge in [0, 0.05) is 25.3 Å². The number of ether oxygens (including phenoxy) is 1. The Kier molecular flexibility index (Phi) is 9.07. The number of nitrogens with one attached hydrogen (secondary N) is 2. The molecule has 1 aromatic carbocycles. The summed E-state index contributed by atoms with van der Waals surface area (Å²) in [6.07, 6.45) is 2.10. The number of aliphatic imine (C=N–C) groups is 1. The second kappa shape index (κ2) is 11.3. The molecule has 164 valence electrons. The van der Waals surface area contributed by atoms with E-state index >= 15 is 0 Å². The molecule has 1 aliphatic carbocycles. The van der Waals surface area contributed by atoms with Crippen molar-refractivity contribution in [1.29, 1.82) is 0 Å². The molecule has 0 heterocycles. The van der Waals surface area contributed by atoms with E-state index < -0.39 is 12.8 Å². The Morgan fingerprint density at radius 2 is 1.90 bits per heavy atom. The molecule has 0 atom stereocenters. The van der Waals surface area contributed by atoms with Gasteiger partial charge in [0.15, 0.2) is 12.6 Å². The summed E-state index contributed by atoms with van der Waals surface area (Å²) in [6.45, 7) is 2.39. The Morgan fingerprint density at radius 1 is 1.17 bits per heavy atom. The predicted molar refractivity (Wildman–Crippen MR) is 108 cm³/mol. The van der Waals surface area contributed by atoms with E-state index in [4.69, 9.17) is 4.74 Å². The van der Waals surface area contributed by atoms with Gasteiger partial charge >= 0.3 is 6.18 Å². The lowest BCUT2D eigenvalue weighted by Gasteiger charge is -2.37. The molecule has 0 radical (unpaired) electrons. The smallest absolute Gasteiger partial charge is 0.422 e. The maximum absolute atomic E-state index is 12.5. The number of rotatable bonds is 9. The highest BCUT2D eigenvalue weighted by molar-refractivity contribution is 5.79. The molecular formula is C21H32F3N3O2. The van der Waals surface area contributed by atoms with Gasteiger partial charge in [-0.15, -0.1) is 0 Å². The van der Waals surface area contributed by atoms with Crippen molar-refractivity contribution in [3.63, 3.8) is 0 Å². The van der Waals surface area contributed by atoms with Crippen molar-refractivity contribution in [1.82, 2.24) is 10.6 Å². The highest BCUT2D eigenvalue weighted by Crippen LogP contribution is 2.38. The van der Waals surface area contributed by atoms with E-state index in [1.54, 1.807) is 18.2 Å². The summed E-state index contributed by atoms with van der Waals surface area (Å²) in [4.78, 5) is 4.54. The van der Waals surface area contributed by atoms with Gasteiger partial charge in [-0.3, -0.25) is 0 Å². The van der Waals surface area contributed by atoms with Crippen LogP contribution in [0.2, 0.25) is 0 Å². The summed E-state index contributed by atoms with van der Waals surface area (Å²) in [5, 5.41) is 16.0. The minimum absolute atomic E-state index is 0.0664. The summed E-state index contributed by atoms with van der Waals surface area (Å²) in [7, 11) is 0. The van der Waals surface area contributed by atoms with Crippen molar-refractivity contribution in [2.45, 2.75) is 58.2 Å². The van der Waals surface area contributed by atoms with Crippen molar-refractivity contribution in [2.24, 2.45) is 10.4 Å². The molecule has 1 saturated carbocycles. The molecular weight excluding hydrogens is 383 g/mol. The maximum Gasteiger partial charge on any atom is 0.422 e. The first kappa shape index (κ1) is 23.3. The molecule has 0 aromatic heterocycles. The second-order valence-electron chi connectivity index (χ2n) is 7.59. The molecule has 1 fully saturated rings. The summed E-state index contributed by atoms with van der Waals surface area (Å²) in [5.74, 6) is 0.800. The van der Waals surface area contributed by atoms with Crippen LogP contribution < -0.4 is 15.4 Å². The van der Waals surface area contributed by atoms with Crippen molar-refractivity contribution in [3.8, 4) is 5.75 Å². The number of guanidine groups is 1. The van der Waals surface area contributed by atoms with E-state index in [0.29, 0.717) is 24.6 Å². The standard InChI is InChI=1S/C21H32F3N3O2/c1-2-25-19(27-15-20(12-13-28)10-6-3-7-11-20)26-14-17-8-4-5-9-18(17)29-16-21(22,23)24/h4-5,8-9,28H,2-3,6-7,10-16H2,1H3,(H2,25,26,27). The lowest BCUT2D eigenvalue weighted by Crippen LogP contribution is -2.44. The molecule has 0 aliphatic heterocycles. The Bertz CT molecular complexity index is 639. The first-order valence-electron chi connectivity index (χ1n) is 10.3. The second-order valence-corrected chi connectivity index (χ2v) is 7.59. The minimum Gasteiger partial charge on any atom is -0.484 e. The quantitative estimate of drug-likeness (QED) is 0.421. The monoisotopic (exact) mass is 415 g/mol. The highest BCUT2D eigenvalue weighted by Gasteiger charge is 2.31. The van der Waals surface area contributed by atoms with Crippen LogP contribution in [-0.2, 0) is 6.54 Å². The Balaban J connectivity index is 2.03. The van der Waals surface area contributed by atoms with Gasteiger partial charge < -0.3 is 20.5 Å². The lowest BCUT2D eigenvalue weighted by atomic mass is 9.72. The fourth-order valence-corrected chi connectivity index (χ4v) is 3.77. The third-order valence-corrected chi connectivity index (χ3v) is 5.30. The molecule has 0 bridgehead atoms. The summed E-state index contributed by atoms with van der Waals surface area (Å²) < 4.78 is 42.4. The van der Waals surface area contributed by atoms with Crippen LogP contribution in [0.25, 0.3) is 0 Å². The summed E-state index contributed by atoms with van der Waals surface area (Å²) in [5.41, 5.74) is 0.661. The molecule has 29 heavy (non-hydrogen) atoms. The van der Waals surface area contributed by atoms with Crippen LogP contribution in [0.5, 0.6) is 5.75 Å². The van der Waals surface area contributed by atoms with E-state index in [0.717, 1.165) is 19.3 Å². The Morgan fingerprint density at radius 3 is 2.55 bits per heavy atom. The van der Waals surface area contributed by atoms with Crippen LogP contribution in [0.15, 0.2) is 29.3 Å². The van der Waals surface area contributed by atoms with E-state index in [9.17, 15) is 18.3 Å². The number of alkyl halides is 3. The summed E-state index contributed by atoms with van der Waals surface area (Å²) >= 11 is 0. The third-order valence-electron chi connectivity index (χ3n) is 5.30. The Labute approximate surface area is 170 Å². The number of para-hydroxylation sites is 1. The number of aliphatic hydroxyl groups is 1. The zero-order chi connectivity index (χ0) is 21.2. The highest BCUT2D eigenvalue weighted by atomic mass is 19.4. The topological polar surface area (TPSA) is 65.9 Å². The van der Waals surface area contributed by atoms with Crippen molar-refractivity contribution >= 4 is 5.96 Å². The number of hydrogen-bond acceptors (Lipinski definition) is 3. The van der Waals surface area contributed by atoms with E-state index in [2.05, 4.69) is 15.6 Å². The SMILES string of the molecule is CCNC(=NCc1ccccc1OCC(F)(F)F)NCC1(CCO)CCCCC1. The molecule has 2 rings (SSSR count). The van der Waals surface area contributed by atoms with Crippen LogP contribution in [-0.4, -0.2) is 43.5 Å². The normalized spacial score (nSPS) is 17.1. The van der Waals surface area contributed by atoms with Crippen LogP contribution in [0.3, 0.4) is 0 Å². The van der Waals surface area contributed by atoms with Gasteiger partial charge in [0.25, 0.3) is 0 Å². The first-order valence-corrected chi connectivity index (χ1v) is 10.3. The van der Waals surface area contributed by atoms with Crippen molar-refractivity contribution in [2.75, 3.05) is 26.3 Å². The number of nitrogens with zero attached hydrogens (tertiary/aromatic N) is 1. The van der Waals surface area contributed by atoms with Crippen LogP contribution in [0.4, 0.5) is 13.2 Å². The fraction of sp³-hybridized carbons (Fsp3) is 0.667. The van der Waals surface area contributed by atoms with Gasteiger partial charge in [-0.05, 0) is 37.7 Å². The number of aliphatic hydroxyl groups excluding tert-OH is 1. The molecule has 8 heteroatoms. The first-order chi connectivity index (χ1) is 13.9. The predicted octanol–water partition coefficient (Wildman–Crippen LogP) is 4.02. The van der Waals surface area contributed by atoms with E-state index in [1.165, 1.54) is 25.3 Å². The van der Waals surface area contributed by atoms with Crippen LogP contribution >= 0.6 is 0 Å². The van der Waals surface area contributed by atoms with Crippen molar-refractivity contribution < 1.29 is 23.0 Å². The van der Waals surface area contributed by atoms with Crippen molar-refractivity contribution in [3.05, 3.63) is 29.8 Å². The van der Waals surface area contributed by atoms with Gasteiger partial charge in [-0.1, -0.05) is 37.5 Å². The minimum atomic E-state index is -4.38. The number of benzene rings is 1. The molecule has 0 amide bonds. The van der Waals surface area contributed by atoms with Gasteiger partial charge in [-0.2, -0.15) is 13.2 Å². The van der Waals surface area contributed by atoms with Crippen LogP contribution in [0, 0.1) is 5.41 Å². The number of hydrogen-bond donors (Lipinski definition) is 3. The fourth-order valence-electron chi connectivity index (χ4n) is 3.77. The van der Waals surface area contributed by atoms with E-state index in [1.807, 2.05) is 6.92 Å². The summed E-state index contributed by atoms with van der Waals surface area (Å²) in [6, 6.07) is 6.64. The van der Waals surface area contributed by atoms with Gasteiger partial charge in [0.1, 0.15) is 5.75 Å². The molecule has 0 spiro atoms. The molecule has 0 unspecified atom stereocenters. The largest absolute Gasteiger partial charge is 0.484 e. The zero-order valence-electron chi connectivity index (χ0n) is 17.0. The lowest BCUT2D eigenvalue weighted by molar-refractivity contribution is -0.153. The maximum atomic E-state index is 12.5. The number of halogens is 3. The molecule has 5 nitrogen and oxygen atoms in total. The average Bonchev–Trinajstić information content (AvgIpc) is 2.69. The molecule has 3 N–H and O–H groups in total. The van der Waals surface area contributed by atoms with Gasteiger partial charge in [-0.25, -0.2) is 4.99 Å². The average molecular weight is 416 g/mol.